The Hall–Kier alpha value is -4.24. The summed E-state index contributed by atoms with van der Waals surface area (Å²) in [6.45, 7) is 13.5. The first kappa shape index (κ1) is 23.9. The zero-order valence-corrected chi connectivity index (χ0v) is 23.6. The summed E-state index contributed by atoms with van der Waals surface area (Å²) in [5, 5.41) is 0. The van der Waals surface area contributed by atoms with Gasteiger partial charge < -0.3 is 9.80 Å². The van der Waals surface area contributed by atoms with E-state index in [1.807, 2.05) is 0 Å². The van der Waals surface area contributed by atoms with Crippen LogP contribution < -0.4 is 26.2 Å². The molecule has 190 valence electrons. The number of aryl methyl sites for hydroxylation is 5. The van der Waals surface area contributed by atoms with Crippen LogP contribution in [0.15, 0.2) is 91.0 Å². The van der Waals surface area contributed by atoms with Gasteiger partial charge >= 0.3 is 0 Å². The van der Waals surface area contributed by atoms with Crippen molar-refractivity contribution in [2.45, 2.75) is 41.5 Å². The summed E-state index contributed by atoms with van der Waals surface area (Å²) < 4.78 is 0. The van der Waals surface area contributed by atoms with Gasteiger partial charge in [-0.3, -0.25) is 0 Å². The zero-order chi connectivity index (χ0) is 27.0. The average molecular weight is 504 g/mol. The van der Waals surface area contributed by atoms with Crippen molar-refractivity contribution in [3.63, 3.8) is 0 Å². The molecular formula is C36H33BN2. The highest BCUT2D eigenvalue weighted by Gasteiger charge is 2.43. The van der Waals surface area contributed by atoms with E-state index in [2.05, 4.69) is 142 Å². The predicted octanol–water partition coefficient (Wildman–Crippen LogP) is 7.62. The fourth-order valence-electron chi connectivity index (χ4n) is 6.64. The monoisotopic (exact) mass is 504 g/mol. The molecule has 0 atom stereocenters. The number of benzene rings is 5. The Morgan fingerprint density at radius 2 is 1.13 bits per heavy atom. The van der Waals surface area contributed by atoms with Crippen molar-refractivity contribution in [2.24, 2.45) is 0 Å². The molecule has 0 N–H and O–H groups in total. The molecule has 5 aromatic rings. The zero-order valence-electron chi connectivity index (χ0n) is 23.6. The highest BCUT2D eigenvalue weighted by molar-refractivity contribution is 7.00. The van der Waals surface area contributed by atoms with E-state index in [0.717, 1.165) is 0 Å². The first-order valence-electron chi connectivity index (χ1n) is 13.9. The fraction of sp³-hybridized carbons (Fsp3) is 0.167. The van der Waals surface area contributed by atoms with Crippen LogP contribution >= 0.6 is 0 Å². The number of fused-ring (bicyclic) bond motifs is 4. The molecule has 3 heteroatoms. The van der Waals surface area contributed by atoms with E-state index < -0.39 is 0 Å². The first-order chi connectivity index (χ1) is 18.8. The largest absolute Gasteiger partial charge is 0.311 e. The lowest BCUT2D eigenvalue weighted by Gasteiger charge is -2.45. The normalized spacial score (nSPS) is 13.2. The van der Waals surface area contributed by atoms with Gasteiger partial charge in [0.25, 0.3) is 6.71 Å². The van der Waals surface area contributed by atoms with Crippen molar-refractivity contribution in [1.29, 1.82) is 0 Å². The molecule has 0 spiro atoms. The number of anilines is 6. The van der Waals surface area contributed by atoms with Crippen LogP contribution in [0.5, 0.6) is 0 Å². The number of para-hydroxylation sites is 1. The van der Waals surface area contributed by atoms with Crippen LogP contribution in [0, 0.1) is 41.5 Å². The Labute approximate surface area is 232 Å². The van der Waals surface area contributed by atoms with E-state index in [1.165, 1.54) is 83.9 Å². The van der Waals surface area contributed by atoms with Crippen LogP contribution in [0.1, 0.15) is 33.4 Å². The summed E-state index contributed by atoms with van der Waals surface area (Å²) in [5.74, 6) is 0. The summed E-state index contributed by atoms with van der Waals surface area (Å²) in [5.41, 5.74) is 19.5. The van der Waals surface area contributed by atoms with Gasteiger partial charge in [-0.25, -0.2) is 0 Å². The molecule has 0 bridgehead atoms. The van der Waals surface area contributed by atoms with E-state index in [0.29, 0.717) is 0 Å². The minimum absolute atomic E-state index is 0.173. The Balaban J connectivity index is 1.59. The molecule has 0 aliphatic carbocycles. The second kappa shape index (κ2) is 8.64. The summed E-state index contributed by atoms with van der Waals surface area (Å²) in [4.78, 5) is 4.99. The quantitative estimate of drug-likeness (QED) is 0.224. The van der Waals surface area contributed by atoms with Gasteiger partial charge in [0.1, 0.15) is 0 Å². The third-order valence-corrected chi connectivity index (χ3v) is 8.83. The van der Waals surface area contributed by atoms with Crippen LogP contribution in [0.25, 0.3) is 0 Å². The highest BCUT2D eigenvalue weighted by Crippen LogP contribution is 2.45. The maximum absolute atomic E-state index is 2.52. The number of hydrogen-bond acceptors (Lipinski definition) is 2. The lowest BCUT2D eigenvalue weighted by atomic mass is 9.33. The maximum atomic E-state index is 2.52. The molecular weight excluding hydrogens is 471 g/mol. The van der Waals surface area contributed by atoms with Crippen molar-refractivity contribution in [1.82, 2.24) is 0 Å². The Kier molecular flexibility index (Phi) is 5.28. The molecule has 2 heterocycles. The van der Waals surface area contributed by atoms with Gasteiger partial charge in [0.15, 0.2) is 0 Å². The van der Waals surface area contributed by atoms with Crippen molar-refractivity contribution < 1.29 is 0 Å². The Bertz CT molecular complexity index is 1760. The van der Waals surface area contributed by atoms with Crippen LogP contribution in [-0.4, -0.2) is 6.71 Å². The lowest BCUT2D eigenvalue weighted by Crippen LogP contribution is -2.61. The Morgan fingerprint density at radius 3 is 1.87 bits per heavy atom. The summed E-state index contributed by atoms with van der Waals surface area (Å²) in [6, 6.07) is 34.3. The standard InChI is InChI=1S/C36H33BN2/c1-22-11-15-28(16-12-22)38-33-17-13-23(2)19-31(33)37-30-9-7-8-10-32(30)39(29-20-25(4)27(6)26(5)21-29)36-24(3)14-18-34(38)35(36)37/h7-21H,1-6H3. The topological polar surface area (TPSA) is 6.48 Å². The summed E-state index contributed by atoms with van der Waals surface area (Å²) in [7, 11) is 0. The molecule has 0 aromatic heterocycles. The van der Waals surface area contributed by atoms with Crippen molar-refractivity contribution in [3.8, 4) is 0 Å². The molecule has 7 rings (SSSR count). The lowest BCUT2D eigenvalue weighted by molar-refractivity contribution is 1.20. The molecule has 0 saturated heterocycles. The summed E-state index contributed by atoms with van der Waals surface area (Å²) >= 11 is 0. The van der Waals surface area contributed by atoms with Crippen LogP contribution in [0.2, 0.25) is 0 Å². The van der Waals surface area contributed by atoms with E-state index in [9.17, 15) is 0 Å². The predicted molar refractivity (Wildman–Crippen MR) is 169 cm³/mol. The fourth-order valence-corrected chi connectivity index (χ4v) is 6.64. The Morgan fingerprint density at radius 1 is 0.487 bits per heavy atom. The molecule has 5 aromatic carbocycles. The minimum Gasteiger partial charge on any atom is -0.311 e. The van der Waals surface area contributed by atoms with Gasteiger partial charge in [-0.1, -0.05) is 59.7 Å². The molecule has 2 aliphatic heterocycles. The highest BCUT2D eigenvalue weighted by atomic mass is 15.2. The molecule has 0 amide bonds. The van der Waals surface area contributed by atoms with E-state index in [4.69, 9.17) is 0 Å². The van der Waals surface area contributed by atoms with Gasteiger partial charge in [0.05, 0.1) is 0 Å². The van der Waals surface area contributed by atoms with E-state index in [-0.39, 0.29) is 6.71 Å². The number of hydrogen-bond donors (Lipinski definition) is 0. The van der Waals surface area contributed by atoms with Gasteiger partial charge in [0, 0.05) is 34.1 Å². The number of rotatable bonds is 2. The second-order valence-electron chi connectivity index (χ2n) is 11.4. The van der Waals surface area contributed by atoms with Crippen molar-refractivity contribution in [2.75, 3.05) is 9.80 Å². The molecule has 39 heavy (non-hydrogen) atoms. The van der Waals surface area contributed by atoms with Gasteiger partial charge in [0.2, 0.25) is 0 Å². The van der Waals surface area contributed by atoms with Crippen molar-refractivity contribution in [3.05, 3.63) is 124 Å². The van der Waals surface area contributed by atoms with Crippen LogP contribution in [0.4, 0.5) is 34.1 Å². The molecule has 2 aliphatic rings. The van der Waals surface area contributed by atoms with Crippen LogP contribution in [-0.2, 0) is 0 Å². The van der Waals surface area contributed by atoms with E-state index >= 15 is 0 Å². The minimum atomic E-state index is 0.173. The first-order valence-corrected chi connectivity index (χ1v) is 13.9. The van der Waals surface area contributed by atoms with Crippen LogP contribution in [0.3, 0.4) is 0 Å². The van der Waals surface area contributed by atoms with Gasteiger partial charge in [-0.2, -0.15) is 0 Å². The number of nitrogens with zero attached hydrogens (tertiary/aromatic N) is 2. The average Bonchev–Trinajstić information content (AvgIpc) is 2.93. The third kappa shape index (κ3) is 3.49. The molecule has 0 radical (unpaired) electrons. The third-order valence-electron chi connectivity index (χ3n) is 8.83. The smallest absolute Gasteiger partial charge is 0.252 e. The van der Waals surface area contributed by atoms with E-state index in [1.54, 1.807) is 0 Å². The van der Waals surface area contributed by atoms with Gasteiger partial charge in [-0.05, 0) is 123 Å². The molecule has 0 saturated carbocycles. The van der Waals surface area contributed by atoms with Gasteiger partial charge in [-0.15, -0.1) is 0 Å². The SMILES string of the molecule is Cc1ccc(N2c3ccc(C)cc3B3c4ccccc4N(c4cc(C)c(C)c(C)c4)c4c(C)ccc2c43)cc1. The molecule has 0 unspecified atom stereocenters. The molecule has 2 nitrogen and oxygen atoms in total. The molecule has 0 fully saturated rings. The second-order valence-corrected chi connectivity index (χ2v) is 11.4. The van der Waals surface area contributed by atoms with Crippen molar-refractivity contribution >= 4 is 57.2 Å². The maximum Gasteiger partial charge on any atom is 0.252 e. The summed E-state index contributed by atoms with van der Waals surface area (Å²) in [6.07, 6.45) is 0.